The second kappa shape index (κ2) is 7.63. The molecule has 1 saturated carbocycles. The average Bonchev–Trinajstić information content (AvgIpc) is 2.58. The van der Waals surface area contributed by atoms with Crippen LogP contribution in [0.2, 0.25) is 0 Å². The third kappa shape index (κ3) is 4.71. The highest BCUT2D eigenvalue weighted by atomic mass is 16.5. The van der Waals surface area contributed by atoms with Crippen molar-refractivity contribution in [3.05, 3.63) is 54.7 Å². The number of aromatic nitrogens is 1. The fraction of sp³-hybridized carbons (Fsp3) is 0.333. The van der Waals surface area contributed by atoms with Gasteiger partial charge in [0.05, 0.1) is 0 Å². The highest BCUT2D eigenvalue weighted by Crippen LogP contribution is 2.22. The van der Waals surface area contributed by atoms with Gasteiger partial charge in [0.25, 0.3) is 0 Å². The molecule has 1 heterocycles. The molecule has 1 aromatic heterocycles. The minimum absolute atomic E-state index is 0.148. The number of carbonyl (C=O) groups excluding carboxylic acids is 1. The second-order valence-electron chi connectivity index (χ2n) is 5.72. The first-order chi connectivity index (χ1) is 11.3. The molecule has 2 aromatic rings. The summed E-state index contributed by atoms with van der Waals surface area (Å²) in [5.74, 6) is 0.672. The summed E-state index contributed by atoms with van der Waals surface area (Å²) in [5, 5.41) is 5.88. The minimum Gasteiger partial charge on any atom is -0.474 e. The molecule has 5 heteroatoms. The third-order valence-corrected chi connectivity index (χ3v) is 3.97. The smallest absolute Gasteiger partial charge is 0.319 e. The molecular weight excluding hydrogens is 290 g/mol. The molecule has 120 valence electrons. The molecule has 0 spiro atoms. The number of urea groups is 1. The number of hydrogen-bond acceptors (Lipinski definition) is 3. The van der Waals surface area contributed by atoms with Crippen LogP contribution in [0, 0.1) is 0 Å². The van der Waals surface area contributed by atoms with Gasteiger partial charge in [0.15, 0.2) is 0 Å². The highest BCUT2D eigenvalue weighted by Gasteiger charge is 2.23. The highest BCUT2D eigenvalue weighted by molar-refractivity contribution is 5.89. The average molecular weight is 311 g/mol. The van der Waals surface area contributed by atoms with Gasteiger partial charge in [-0.2, -0.15) is 0 Å². The quantitative estimate of drug-likeness (QED) is 0.907. The number of carbonyl (C=O) groups is 1. The molecule has 1 aliphatic carbocycles. The lowest BCUT2D eigenvalue weighted by Crippen LogP contribution is -2.41. The Kier molecular flexibility index (Phi) is 5.09. The maximum absolute atomic E-state index is 12.0. The number of nitrogens with zero attached hydrogens (tertiary/aromatic N) is 1. The van der Waals surface area contributed by atoms with E-state index in [1.165, 1.54) is 0 Å². The Bertz CT molecular complexity index is 611. The lowest BCUT2D eigenvalue weighted by molar-refractivity contribution is 0.135. The number of hydrogen-bond donors (Lipinski definition) is 2. The van der Waals surface area contributed by atoms with Gasteiger partial charge in [-0.15, -0.1) is 0 Å². The SMILES string of the molecule is O=C(Nc1ccccc1)NC1CCC(Oc2ccccn2)CC1. The lowest BCUT2D eigenvalue weighted by atomic mass is 9.93. The van der Waals surface area contributed by atoms with Gasteiger partial charge in [0.2, 0.25) is 5.88 Å². The molecule has 1 aliphatic rings. The predicted molar refractivity (Wildman–Crippen MR) is 89.5 cm³/mol. The Morgan fingerprint density at radius 2 is 1.74 bits per heavy atom. The van der Waals surface area contributed by atoms with E-state index in [2.05, 4.69) is 15.6 Å². The first-order valence-electron chi connectivity index (χ1n) is 8.00. The van der Waals surface area contributed by atoms with Crippen LogP contribution in [-0.4, -0.2) is 23.2 Å². The Balaban J connectivity index is 1.41. The first-order valence-corrected chi connectivity index (χ1v) is 8.00. The van der Waals surface area contributed by atoms with E-state index in [0.29, 0.717) is 5.88 Å². The van der Waals surface area contributed by atoms with Crippen molar-refractivity contribution in [2.24, 2.45) is 0 Å². The number of anilines is 1. The molecule has 5 nitrogen and oxygen atoms in total. The van der Waals surface area contributed by atoms with Crippen LogP contribution < -0.4 is 15.4 Å². The van der Waals surface area contributed by atoms with Crippen molar-refractivity contribution in [3.8, 4) is 5.88 Å². The normalized spacial score (nSPS) is 20.5. The van der Waals surface area contributed by atoms with Crippen LogP contribution in [0.3, 0.4) is 0 Å². The van der Waals surface area contributed by atoms with Crippen molar-refractivity contribution < 1.29 is 9.53 Å². The van der Waals surface area contributed by atoms with E-state index in [0.717, 1.165) is 31.4 Å². The van der Waals surface area contributed by atoms with Gasteiger partial charge in [0, 0.05) is 24.0 Å². The van der Waals surface area contributed by atoms with Crippen molar-refractivity contribution in [2.75, 3.05) is 5.32 Å². The molecule has 0 aliphatic heterocycles. The maximum atomic E-state index is 12.0. The van der Waals surface area contributed by atoms with Crippen molar-refractivity contribution in [3.63, 3.8) is 0 Å². The molecule has 0 atom stereocenters. The van der Waals surface area contributed by atoms with Crippen LogP contribution in [0.5, 0.6) is 5.88 Å². The summed E-state index contributed by atoms with van der Waals surface area (Å²) in [7, 11) is 0. The van der Waals surface area contributed by atoms with Gasteiger partial charge >= 0.3 is 6.03 Å². The van der Waals surface area contributed by atoms with Crippen LogP contribution in [0.15, 0.2) is 54.7 Å². The number of nitrogens with one attached hydrogen (secondary N) is 2. The fourth-order valence-corrected chi connectivity index (χ4v) is 2.79. The van der Waals surface area contributed by atoms with Crippen LogP contribution in [0.4, 0.5) is 10.5 Å². The Morgan fingerprint density at radius 3 is 2.43 bits per heavy atom. The fourth-order valence-electron chi connectivity index (χ4n) is 2.79. The van der Waals surface area contributed by atoms with Crippen LogP contribution >= 0.6 is 0 Å². The molecular formula is C18H21N3O2. The number of pyridine rings is 1. The van der Waals surface area contributed by atoms with E-state index < -0.39 is 0 Å². The van der Waals surface area contributed by atoms with Crippen molar-refractivity contribution in [2.45, 2.75) is 37.8 Å². The van der Waals surface area contributed by atoms with Crippen molar-refractivity contribution in [1.82, 2.24) is 10.3 Å². The largest absolute Gasteiger partial charge is 0.474 e. The molecule has 1 aromatic carbocycles. The molecule has 0 bridgehead atoms. The summed E-state index contributed by atoms with van der Waals surface area (Å²) in [6.45, 7) is 0. The zero-order valence-corrected chi connectivity index (χ0v) is 12.9. The third-order valence-electron chi connectivity index (χ3n) is 3.97. The summed E-state index contributed by atoms with van der Waals surface area (Å²) >= 11 is 0. The summed E-state index contributed by atoms with van der Waals surface area (Å²) < 4.78 is 5.86. The molecule has 2 amide bonds. The molecule has 0 unspecified atom stereocenters. The van der Waals surface area contributed by atoms with Crippen LogP contribution in [0.25, 0.3) is 0 Å². The summed E-state index contributed by atoms with van der Waals surface area (Å²) in [4.78, 5) is 16.2. The molecule has 23 heavy (non-hydrogen) atoms. The zero-order chi connectivity index (χ0) is 15.9. The monoisotopic (exact) mass is 311 g/mol. The van der Waals surface area contributed by atoms with Gasteiger partial charge < -0.3 is 15.4 Å². The zero-order valence-electron chi connectivity index (χ0n) is 12.9. The standard InChI is InChI=1S/C18H21N3O2/c22-18(20-14-6-2-1-3-7-14)21-15-9-11-16(12-10-15)23-17-8-4-5-13-19-17/h1-8,13,15-16H,9-12H2,(H2,20,21,22). The second-order valence-corrected chi connectivity index (χ2v) is 5.72. The van der Waals surface area contributed by atoms with Gasteiger partial charge in [-0.1, -0.05) is 24.3 Å². The molecule has 3 rings (SSSR count). The van der Waals surface area contributed by atoms with E-state index in [1.807, 2.05) is 48.5 Å². The number of para-hydroxylation sites is 1. The van der Waals surface area contributed by atoms with Gasteiger partial charge in [-0.05, 0) is 43.9 Å². The number of ether oxygens (including phenoxy) is 1. The summed E-state index contributed by atoms with van der Waals surface area (Å²) in [6, 6.07) is 15.2. The van der Waals surface area contributed by atoms with Crippen molar-refractivity contribution >= 4 is 11.7 Å². The predicted octanol–water partition coefficient (Wildman–Crippen LogP) is 3.59. The Morgan fingerprint density at radius 1 is 1.00 bits per heavy atom. The summed E-state index contributed by atoms with van der Waals surface area (Å²) in [6.07, 6.45) is 5.59. The number of amides is 2. The maximum Gasteiger partial charge on any atom is 0.319 e. The molecule has 0 radical (unpaired) electrons. The lowest BCUT2D eigenvalue weighted by Gasteiger charge is -2.29. The first kappa shape index (κ1) is 15.3. The topological polar surface area (TPSA) is 63.2 Å². The molecule has 2 N–H and O–H groups in total. The van der Waals surface area contributed by atoms with E-state index in [4.69, 9.17) is 4.74 Å². The Hall–Kier alpha value is -2.56. The van der Waals surface area contributed by atoms with E-state index in [-0.39, 0.29) is 18.2 Å². The van der Waals surface area contributed by atoms with E-state index in [1.54, 1.807) is 6.20 Å². The minimum atomic E-state index is -0.148. The van der Waals surface area contributed by atoms with Crippen LogP contribution in [0.1, 0.15) is 25.7 Å². The molecule has 0 saturated heterocycles. The van der Waals surface area contributed by atoms with E-state index >= 15 is 0 Å². The van der Waals surface area contributed by atoms with Gasteiger partial charge in [-0.25, -0.2) is 9.78 Å². The van der Waals surface area contributed by atoms with Crippen molar-refractivity contribution in [1.29, 1.82) is 0 Å². The number of benzene rings is 1. The number of rotatable bonds is 4. The Labute approximate surface area is 136 Å². The van der Waals surface area contributed by atoms with E-state index in [9.17, 15) is 4.79 Å². The summed E-state index contributed by atoms with van der Waals surface area (Å²) in [5.41, 5.74) is 0.803. The molecule has 1 fully saturated rings. The van der Waals surface area contributed by atoms with Gasteiger partial charge in [0.1, 0.15) is 6.10 Å². The van der Waals surface area contributed by atoms with Gasteiger partial charge in [-0.3, -0.25) is 0 Å². The van der Waals surface area contributed by atoms with Crippen LogP contribution in [-0.2, 0) is 0 Å².